The Labute approximate surface area is 94.9 Å². The lowest BCUT2D eigenvalue weighted by Gasteiger charge is -2.27. The van der Waals surface area contributed by atoms with Gasteiger partial charge in [0.1, 0.15) is 5.69 Å². The Morgan fingerprint density at radius 1 is 1.38 bits per heavy atom. The fraction of sp³-hybridized carbons (Fsp3) is 0.583. The number of aliphatic hydroxyl groups is 1. The van der Waals surface area contributed by atoms with Crippen molar-refractivity contribution < 1.29 is 5.11 Å². The van der Waals surface area contributed by atoms with E-state index in [0.29, 0.717) is 5.69 Å². The molecule has 1 aromatic heterocycles. The Balaban J connectivity index is 2.24. The summed E-state index contributed by atoms with van der Waals surface area (Å²) in [6, 6.07) is 3.92. The molecule has 4 heteroatoms. The van der Waals surface area contributed by atoms with Gasteiger partial charge in [-0.1, -0.05) is 0 Å². The van der Waals surface area contributed by atoms with Gasteiger partial charge in [0, 0.05) is 19.3 Å². The third kappa shape index (κ3) is 2.11. The van der Waals surface area contributed by atoms with Gasteiger partial charge in [-0.2, -0.15) is 0 Å². The van der Waals surface area contributed by atoms with Gasteiger partial charge in [0.05, 0.1) is 6.10 Å². The molecule has 1 saturated carbocycles. The molecular weight excluding hydrogens is 204 g/mol. The summed E-state index contributed by atoms with van der Waals surface area (Å²) in [6.45, 7) is 0. The van der Waals surface area contributed by atoms with Crippen LogP contribution in [0, 0.1) is 0 Å². The minimum atomic E-state index is -0.181. The Kier molecular flexibility index (Phi) is 3.29. The van der Waals surface area contributed by atoms with E-state index < -0.39 is 0 Å². The zero-order valence-corrected chi connectivity index (χ0v) is 9.52. The zero-order valence-electron chi connectivity index (χ0n) is 9.52. The molecule has 16 heavy (non-hydrogen) atoms. The number of aliphatic hydroxyl groups excluding tert-OH is 1. The lowest BCUT2D eigenvalue weighted by molar-refractivity contribution is 0.110. The maximum absolute atomic E-state index is 12.0. The second kappa shape index (κ2) is 4.70. The van der Waals surface area contributed by atoms with Gasteiger partial charge in [-0.3, -0.25) is 4.79 Å². The standard InChI is InChI=1S/C12H18N2O2/c1-13-11-3-2-8-14(12(11)16)9-4-6-10(15)7-5-9/h2-3,8-10,13,15H,4-7H2,1H3. The van der Waals surface area contributed by atoms with E-state index >= 15 is 0 Å². The SMILES string of the molecule is CNc1cccn(C2CCC(O)CC2)c1=O. The largest absolute Gasteiger partial charge is 0.393 e. The average molecular weight is 222 g/mol. The molecule has 1 fully saturated rings. The predicted molar refractivity (Wildman–Crippen MR) is 63.8 cm³/mol. The van der Waals surface area contributed by atoms with E-state index in [-0.39, 0.29) is 17.7 Å². The quantitative estimate of drug-likeness (QED) is 0.794. The molecule has 2 rings (SSSR count). The van der Waals surface area contributed by atoms with Gasteiger partial charge in [-0.15, -0.1) is 0 Å². The van der Waals surface area contributed by atoms with Crippen LogP contribution in [0.15, 0.2) is 23.1 Å². The molecule has 2 N–H and O–H groups in total. The first-order valence-corrected chi connectivity index (χ1v) is 5.79. The van der Waals surface area contributed by atoms with Crippen LogP contribution in [0.25, 0.3) is 0 Å². The lowest BCUT2D eigenvalue weighted by atomic mass is 9.93. The van der Waals surface area contributed by atoms with Crippen LogP contribution in [0.5, 0.6) is 0 Å². The molecule has 0 spiro atoms. The number of nitrogens with one attached hydrogen (secondary N) is 1. The van der Waals surface area contributed by atoms with Gasteiger partial charge in [0.2, 0.25) is 0 Å². The highest BCUT2D eigenvalue weighted by molar-refractivity contribution is 5.39. The summed E-state index contributed by atoms with van der Waals surface area (Å²) in [5, 5.41) is 12.3. The highest BCUT2D eigenvalue weighted by atomic mass is 16.3. The van der Waals surface area contributed by atoms with Crippen LogP contribution in [0.3, 0.4) is 0 Å². The molecule has 0 bridgehead atoms. The minimum Gasteiger partial charge on any atom is -0.393 e. The van der Waals surface area contributed by atoms with Crippen LogP contribution in [0.2, 0.25) is 0 Å². The number of rotatable bonds is 2. The fourth-order valence-electron chi connectivity index (χ4n) is 2.32. The van der Waals surface area contributed by atoms with Crippen molar-refractivity contribution in [1.29, 1.82) is 0 Å². The number of nitrogens with zero attached hydrogens (tertiary/aromatic N) is 1. The smallest absolute Gasteiger partial charge is 0.274 e. The summed E-state index contributed by atoms with van der Waals surface area (Å²) >= 11 is 0. The topological polar surface area (TPSA) is 54.3 Å². The van der Waals surface area contributed by atoms with Crippen molar-refractivity contribution in [2.45, 2.75) is 37.8 Å². The second-order valence-corrected chi connectivity index (χ2v) is 4.35. The number of hydrogen-bond acceptors (Lipinski definition) is 3. The van der Waals surface area contributed by atoms with Gasteiger partial charge in [0.15, 0.2) is 0 Å². The van der Waals surface area contributed by atoms with E-state index in [0.717, 1.165) is 25.7 Å². The Bertz CT molecular complexity index is 406. The van der Waals surface area contributed by atoms with Crippen LogP contribution >= 0.6 is 0 Å². The minimum absolute atomic E-state index is 0.0337. The molecule has 0 atom stereocenters. The average Bonchev–Trinajstić information content (AvgIpc) is 2.31. The third-order valence-corrected chi connectivity index (χ3v) is 3.30. The van der Waals surface area contributed by atoms with Crippen LogP contribution in [-0.4, -0.2) is 22.8 Å². The Hall–Kier alpha value is -1.29. The van der Waals surface area contributed by atoms with Gasteiger partial charge in [-0.05, 0) is 37.8 Å². The first-order chi connectivity index (χ1) is 7.72. The molecule has 0 aromatic carbocycles. The lowest BCUT2D eigenvalue weighted by Crippen LogP contribution is -2.29. The van der Waals surface area contributed by atoms with Crippen molar-refractivity contribution in [1.82, 2.24) is 4.57 Å². The van der Waals surface area contributed by atoms with Gasteiger partial charge in [0.25, 0.3) is 5.56 Å². The number of pyridine rings is 1. The number of hydrogen-bond donors (Lipinski definition) is 2. The highest BCUT2D eigenvalue weighted by Crippen LogP contribution is 2.27. The number of aromatic nitrogens is 1. The van der Waals surface area contributed by atoms with Crippen molar-refractivity contribution in [3.05, 3.63) is 28.7 Å². The summed E-state index contributed by atoms with van der Waals surface area (Å²) in [6.07, 6.45) is 5.01. The van der Waals surface area contributed by atoms with E-state index in [1.807, 2.05) is 12.3 Å². The molecule has 1 aliphatic rings. The summed E-state index contributed by atoms with van der Waals surface area (Å²) < 4.78 is 1.79. The first-order valence-electron chi connectivity index (χ1n) is 5.79. The Morgan fingerprint density at radius 3 is 2.69 bits per heavy atom. The second-order valence-electron chi connectivity index (χ2n) is 4.35. The predicted octanol–water partition coefficient (Wildman–Crippen LogP) is 1.37. The van der Waals surface area contributed by atoms with Crippen molar-refractivity contribution >= 4 is 5.69 Å². The van der Waals surface area contributed by atoms with Crippen LogP contribution in [0.4, 0.5) is 5.69 Å². The molecule has 0 aliphatic heterocycles. The molecule has 1 heterocycles. The monoisotopic (exact) mass is 222 g/mol. The van der Waals surface area contributed by atoms with Gasteiger partial charge < -0.3 is 15.0 Å². The van der Waals surface area contributed by atoms with Gasteiger partial charge in [-0.25, -0.2) is 0 Å². The summed E-state index contributed by atoms with van der Waals surface area (Å²) in [5.74, 6) is 0. The third-order valence-electron chi connectivity index (χ3n) is 3.30. The molecule has 4 nitrogen and oxygen atoms in total. The van der Waals surface area contributed by atoms with E-state index in [4.69, 9.17) is 0 Å². The fourth-order valence-corrected chi connectivity index (χ4v) is 2.32. The van der Waals surface area contributed by atoms with Crippen LogP contribution < -0.4 is 10.9 Å². The highest BCUT2D eigenvalue weighted by Gasteiger charge is 2.21. The van der Waals surface area contributed by atoms with Crippen LogP contribution in [-0.2, 0) is 0 Å². The van der Waals surface area contributed by atoms with E-state index in [2.05, 4.69) is 5.32 Å². The summed E-state index contributed by atoms with van der Waals surface area (Å²) in [5.41, 5.74) is 0.667. The molecule has 88 valence electrons. The van der Waals surface area contributed by atoms with Crippen molar-refractivity contribution in [2.24, 2.45) is 0 Å². The van der Waals surface area contributed by atoms with Crippen molar-refractivity contribution in [3.63, 3.8) is 0 Å². The first kappa shape index (κ1) is 11.2. The summed E-state index contributed by atoms with van der Waals surface area (Å²) in [7, 11) is 1.76. The van der Waals surface area contributed by atoms with Crippen molar-refractivity contribution in [3.8, 4) is 0 Å². The molecule has 0 unspecified atom stereocenters. The van der Waals surface area contributed by atoms with Crippen molar-refractivity contribution in [2.75, 3.05) is 12.4 Å². The molecule has 0 amide bonds. The summed E-state index contributed by atoms with van der Waals surface area (Å²) in [4.78, 5) is 12.0. The molecule has 0 radical (unpaired) electrons. The Morgan fingerprint density at radius 2 is 2.06 bits per heavy atom. The molecular formula is C12H18N2O2. The molecule has 1 aliphatic carbocycles. The van der Waals surface area contributed by atoms with Gasteiger partial charge >= 0.3 is 0 Å². The normalized spacial score (nSPS) is 25.4. The number of anilines is 1. The molecule has 0 saturated heterocycles. The van der Waals surface area contributed by atoms with E-state index in [9.17, 15) is 9.90 Å². The zero-order chi connectivity index (χ0) is 11.5. The maximum Gasteiger partial charge on any atom is 0.274 e. The van der Waals surface area contributed by atoms with E-state index in [1.54, 1.807) is 17.7 Å². The van der Waals surface area contributed by atoms with Crippen LogP contribution in [0.1, 0.15) is 31.7 Å². The molecule has 1 aromatic rings. The maximum atomic E-state index is 12.0. The van der Waals surface area contributed by atoms with E-state index in [1.165, 1.54) is 0 Å².